The number of hydrogen-bond acceptors (Lipinski definition) is 6. The molecule has 0 atom stereocenters. The molecule has 0 spiro atoms. The highest BCUT2D eigenvalue weighted by molar-refractivity contribution is 9.09. The predicted molar refractivity (Wildman–Crippen MR) is 84.9 cm³/mol. The van der Waals surface area contributed by atoms with Crippen LogP contribution in [-0.4, -0.2) is 35.7 Å². The summed E-state index contributed by atoms with van der Waals surface area (Å²) in [5, 5.41) is 12.8. The second-order valence-corrected chi connectivity index (χ2v) is 5.85. The SMILES string of the molecule is COc1cc(OC)cc(C(=O)Nc2nnc(CCBr)s2)c1. The van der Waals surface area contributed by atoms with Crippen LogP contribution in [0.2, 0.25) is 0 Å². The molecule has 0 aliphatic carbocycles. The summed E-state index contributed by atoms with van der Waals surface area (Å²) in [6, 6.07) is 4.98. The quantitative estimate of drug-likeness (QED) is 0.790. The second kappa shape index (κ2) is 7.37. The Hall–Kier alpha value is -1.67. The number of aryl methyl sites for hydroxylation is 1. The van der Waals surface area contributed by atoms with Gasteiger partial charge in [0.05, 0.1) is 14.2 Å². The molecule has 1 heterocycles. The molecule has 112 valence electrons. The van der Waals surface area contributed by atoms with E-state index in [9.17, 15) is 4.79 Å². The maximum absolute atomic E-state index is 12.2. The molecule has 0 bridgehead atoms. The normalized spacial score (nSPS) is 10.2. The second-order valence-electron chi connectivity index (χ2n) is 4.00. The highest BCUT2D eigenvalue weighted by atomic mass is 79.9. The number of carbonyl (C=O) groups excluding carboxylic acids is 1. The number of ether oxygens (including phenoxy) is 2. The van der Waals surface area contributed by atoms with Crippen molar-refractivity contribution in [2.75, 3.05) is 24.9 Å². The number of alkyl halides is 1. The van der Waals surface area contributed by atoms with E-state index in [-0.39, 0.29) is 5.91 Å². The summed E-state index contributed by atoms with van der Waals surface area (Å²) < 4.78 is 10.3. The lowest BCUT2D eigenvalue weighted by Gasteiger charge is -2.07. The number of aromatic nitrogens is 2. The van der Waals surface area contributed by atoms with Crippen molar-refractivity contribution in [2.24, 2.45) is 0 Å². The maximum atomic E-state index is 12.2. The molecule has 0 aliphatic heterocycles. The van der Waals surface area contributed by atoms with E-state index in [1.807, 2.05) is 0 Å². The summed E-state index contributed by atoms with van der Waals surface area (Å²) >= 11 is 4.69. The van der Waals surface area contributed by atoms with E-state index in [1.165, 1.54) is 25.6 Å². The van der Waals surface area contributed by atoms with Gasteiger partial charge in [0.2, 0.25) is 5.13 Å². The number of hydrogen-bond donors (Lipinski definition) is 1. The molecule has 0 aliphatic rings. The Morgan fingerprint density at radius 2 is 1.90 bits per heavy atom. The minimum Gasteiger partial charge on any atom is -0.497 e. The number of nitrogens with zero attached hydrogens (tertiary/aromatic N) is 2. The van der Waals surface area contributed by atoms with Gasteiger partial charge in [0, 0.05) is 23.4 Å². The number of halogens is 1. The van der Waals surface area contributed by atoms with Crippen molar-refractivity contribution in [1.29, 1.82) is 0 Å². The molecule has 1 amide bonds. The molecule has 1 aromatic carbocycles. The lowest BCUT2D eigenvalue weighted by Crippen LogP contribution is -2.12. The molecule has 0 saturated heterocycles. The maximum Gasteiger partial charge on any atom is 0.257 e. The zero-order valence-corrected chi connectivity index (χ0v) is 14.0. The summed E-state index contributed by atoms with van der Waals surface area (Å²) in [6.07, 6.45) is 0.778. The van der Waals surface area contributed by atoms with E-state index in [1.54, 1.807) is 18.2 Å². The number of carbonyl (C=O) groups is 1. The van der Waals surface area contributed by atoms with E-state index < -0.39 is 0 Å². The predicted octanol–water partition coefficient (Wildman–Crippen LogP) is 2.75. The monoisotopic (exact) mass is 371 g/mol. The van der Waals surface area contributed by atoms with Crippen LogP contribution in [0.25, 0.3) is 0 Å². The van der Waals surface area contributed by atoms with Crippen LogP contribution < -0.4 is 14.8 Å². The fourth-order valence-corrected chi connectivity index (χ4v) is 2.97. The molecule has 21 heavy (non-hydrogen) atoms. The Kier molecular flexibility index (Phi) is 5.51. The molecular weight excluding hydrogens is 358 g/mol. The smallest absolute Gasteiger partial charge is 0.257 e. The van der Waals surface area contributed by atoms with Gasteiger partial charge in [-0.3, -0.25) is 10.1 Å². The molecule has 2 rings (SSSR count). The molecule has 0 saturated carbocycles. The van der Waals surface area contributed by atoms with Gasteiger partial charge in [-0.05, 0) is 12.1 Å². The molecular formula is C13H14BrN3O3S. The van der Waals surface area contributed by atoms with Crippen molar-refractivity contribution >= 4 is 38.3 Å². The highest BCUT2D eigenvalue weighted by Gasteiger charge is 2.12. The lowest BCUT2D eigenvalue weighted by atomic mass is 10.2. The van der Waals surface area contributed by atoms with Gasteiger partial charge in [-0.1, -0.05) is 27.3 Å². The third kappa shape index (κ3) is 4.15. The average Bonchev–Trinajstić information content (AvgIpc) is 2.94. The van der Waals surface area contributed by atoms with Crippen LogP contribution in [0.3, 0.4) is 0 Å². The van der Waals surface area contributed by atoms with Gasteiger partial charge in [0.1, 0.15) is 16.5 Å². The minimum absolute atomic E-state index is 0.284. The first-order chi connectivity index (χ1) is 10.2. The van der Waals surface area contributed by atoms with Gasteiger partial charge in [0.15, 0.2) is 0 Å². The van der Waals surface area contributed by atoms with Crippen LogP contribution >= 0.6 is 27.3 Å². The van der Waals surface area contributed by atoms with Crippen molar-refractivity contribution in [3.05, 3.63) is 28.8 Å². The van der Waals surface area contributed by atoms with Crippen LogP contribution in [0.1, 0.15) is 15.4 Å². The first-order valence-corrected chi connectivity index (χ1v) is 8.03. The van der Waals surface area contributed by atoms with Gasteiger partial charge in [-0.15, -0.1) is 10.2 Å². The summed E-state index contributed by atoms with van der Waals surface area (Å²) in [5.41, 5.74) is 0.434. The third-order valence-corrected chi connectivity index (χ3v) is 3.90. The van der Waals surface area contributed by atoms with Gasteiger partial charge >= 0.3 is 0 Å². The molecule has 8 heteroatoms. The summed E-state index contributed by atoms with van der Waals surface area (Å²) in [5.74, 6) is 0.822. The molecule has 2 aromatic rings. The number of nitrogens with one attached hydrogen (secondary N) is 1. The fraction of sp³-hybridized carbons (Fsp3) is 0.308. The van der Waals surface area contributed by atoms with Gasteiger partial charge in [-0.2, -0.15) is 0 Å². The molecule has 0 radical (unpaired) electrons. The molecule has 1 N–H and O–H groups in total. The Morgan fingerprint density at radius 1 is 1.24 bits per heavy atom. The van der Waals surface area contributed by atoms with Crippen molar-refractivity contribution in [2.45, 2.75) is 6.42 Å². The molecule has 6 nitrogen and oxygen atoms in total. The topological polar surface area (TPSA) is 73.3 Å². The Morgan fingerprint density at radius 3 is 2.48 bits per heavy atom. The number of rotatable bonds is 6. The van der Waals surface area contributed by atoms with E-state index >= 15 is 0 Å². The van der Waals surface area contributed by atoms with Crippen LogP contribution in [-0.2, 0) is 6.42 Å². The summed E-state index contributed by atoms with van der Waals surface area (Å²) in [7, 11) is 3.07. The van der Waals surface area contributed by atoms with Gasteiger partial charge in [0.25, 0.3) is 5.91 Å². The van der Waals surface area contributed by atoms with Crippen molar-refractivity contribution in [3.8, 4) is 11.5 Å². The van der Waals surface area contributed by atoms with Crippen LogP contribution in [0.5, 0.6) is 11.5 Å². The van der Waals surface area contributed by atoms with Gasteiger partial charge < -0.3 is 9.47 Å². The van der Waals surface area contributed by atoms with Crippen LogP contribution in [0, 0.1) is 0 Å². The summed E-state index contributed by atoms with van der Waals surface area (Å²) in [6.45, 7) is 0. The first-order valence-electron chi connectivity index (χ1n) is 6.09. The van der Waals surface area contributed by atoms with Gasteiger partial charge in [-0.25, -0.2) is 0 Å². The van der Waals surface area contributed by atoms with E-state index in [4.69, 9.17) is 9.47 Å². The van der Waals surface area contributed by atoms with Crippen molar-refractivity contribution in [3.63, 3.8) is 0 Å². The molecule has 0 unspecified atom stereocenters. The van der Waals surface area contributed by atoms with E-state index in [2.05, 4.69) is 31.4 Å². The van der Waals surface area contributed by atoms with Crippen LogP contribution in [0.4, 0.5) is 5.13 Å². The third-order valence-electron chi connectivity index (χ3n) is 2.61. The lowest BCUT2D eigenvalue weighted by molar-refractivity contribution is 0.102. The minimum atomic E-state index is -0.284. The average molecular weight is 372 g/mol. The fourth-order valence-electron chi connectivity index (χ4n) is 1.59. The highest BCUT2D eigenvalue weighted by Crippen LogP contribution is 2.24. The van der Waals surface area contributed by atoms with Crippen molar-refractivity contribution in [1.82, 2.24) is 10.2 Å². The Bertz CT molecular complexity index is 611. The number of anilines is 1. The number of benzene rings is 1. The largest absolute Gasteiger partial charge is 0.497 e. The standard InChI is InChI=1S/C13H14BrN3O3S/c1-19-9-5-8(6-10(7-9)20-2)12(18)15-13-17-16-11(21-13)3-4-14/h5-7H,3-4H2,1-2H3,(H,15,17,18). The van der Waals surface area contributed by atoms with E-state index in [0.29, 0.717) is 22.2 Å². The van der Waals surface area contributed by atoms with Crippen molar-refractivity contribution < 1.29 is 14.3 Å². The summed E-state index contributed by atoms with van der Waals surface area (Å²) in [4.78, 5) is 12.2. The molecule has 0 fully saturated rings. The molecule has 1 aromatic heterocycles. The number of amides is 1. The Balaban J connectivity index is 2.15. The van der Waals surface area contributed by atoms with Crippen LogP contribution in [0.15, 0.2) is 18.2 Å². The zero-order valence-electron chi connectivity index (χ0n) is 11.6. The van der Waals surface area contributed by atoms with E-state index in [0.717, 1.165) is 16.8 Å². The Labute approximate surface area is 134 Å². The first kappa shape index (κ1) is 15.7. The zero-order chi connectivity index (χ0) is 15.2. The number of methoxy groups -OCH3 is 2.